The van der Waals surface area contributed by atoms with Crippen LogP contribution in [0.2, 0.25) is 0 Å². The van der Waals surface area contributed by atoms with Crippen LogP contribution in [0.3, 0.4) is 0 Å². The van der Waals surface area contributed by atoms with E-state index in [9.17, 15) is 4.79 Å². The number of ether oxygens (including phenoxy) is 1. The largest absolute Gasteiger partial charge is 0.486 e. The number of benzene rings is 1. The molecule has 17 heavy (non-hydrogen) atoms. The van der Waals surface area contributed by atoms with Gasteiger partial charge in [0.05, 0.1) is 12.2 Å². The van der Waals surface area contributed by atoms with Crippen LogP contribution in [0, 0.1) is 0 Å². The van der Waals surface area contributed by atoms with Crippen molar-refractivity contribution in [3.63, 3.8) is 0 Å². The molecular formula is C12H16N2O3. The lowest BCUT2D eigenvalue weighted by molar-refractivity contribution is -0.135. The number of rotatable bonds is 3. The number of nitrogens with two attached hydrogens (primary N) is 1. The molecule has 0 spiro atoms. The van der Waals surface area contributed by atoms with Crippen molar-refractivity contribution in [2.24, 2.45) is 0 Å². The van der Waals surface area contributed by atoms with E-state index in [0.29, 0.717) is 18.0 Å². The van der Waals surface area contributed by atoms with Gasteiger partial charge in [-0.1, -0.05) is 6.92 Å². The van der Waals surface area contributed by atoms with Gasteiger partial charge in [-0.3, -0.25) is 4.79 Å². The Hall–Kier alpha value is -1.91. The van der Waals surface area contributed by atoms with Crippen molar-refractivity contribution in [1.29, 1.82) is 0 Å². The summed E-state index contributed by atoms with van der Waals surface area (Å²) in [5.41, 5.74) is 7.08. The van der Waals surface area contributed by atoms with Crippen molar-refractivity contribution in [3.8, 4) is 5.75 Å². The fraction of sp³-hybridized carbons (Fsp3) is 0.417. The van der Waals surface area contributed by atoms with Gasteiger partial charge in [0.2, 0.25) is 0 Å². The van der Waals surface area contributed by atoms with Crippen molar-refractivity contribution in [2.75, 3.05) is 23.7 Å². The molecule has 0 amide bonds. The zero-order chi connectivity index (χ0) is 12.4. The van der Waals surface area contributed by atoms with E-state index >= 15 is 0 Å². The lowest BCUT2D eigenvalue weighted by Crippen LogP contribution is -2.42. The molecule has 3 N–H and O–H groups in total. The van der Waals surface area contributed by atoms with Gasteiger partial charge in [0.15, 0.2) is 0 Å². The highest BCUT2D eigenvalue weighted by Crippen LogP contribution is 2.35. The Kier molecular flexibility index (Phi) is 3.08. The second-order valence-corrected chi connectivity index (χ2v) is 4.15. The third-order valence-electron chi connectivity index (χ3n) is 2.82. The summed E-state index contributed by atoms with van der Waals surface area (Å²) in [6, 6.07) is 5.31. The number of aliphatic carboxylic acids is 1. The average Bonchev–Trinajstić information content (AvgIpc) is 2.28. The molecule has 0 bridgehead atoms. The summed E-state index contributed by atoms with van der Waals surface area (Å²) in [7, 11) is 0. The fourth-order valence-electron chi connectivity index (χ4n) is 1.97. The zero-order valence-corrected chi connectivity index (χ0v) is 9.72. The van der Waals surface area contributed by atoms with Crippen LogP contribution in [0.25, 0.3) is 0 Å². The van der Waals surface area contributed by atoms with Crippen molar-refractivity contribution < 1.29 is 14.6 Å². The number of fused-ring (bicyclic) bond motifs is 1. The third-order valence-corrected chi connectivity index (χ3v) is 2.82. The number of nitrogen functional groups attached to an aromatic ring is 1. The quantitative estimate of drug-likeness (QED) is 0.774. The van der Waals surface area contributed by atoms with E-state index in [4.69, 9.17) is 15.6 Å². The summed E-state index contributed by atoms with van der Waals surface area (Å²) < 4.78 is 5.76. The lowest BCUT2D eigenvalue weighted by atomic mass is 10.1. The highest BCUT2D eigenvalue weighted by molar-refractivity contribution is 5.76. The summed E-state index contributed by atoms with van der Waals surface area (Å²) in [5.74, 6) is -0.145. The van der Waals surface area contributed by atoms with Gasteiger partial charge < -0.3 is 20.5 Å². The molecule has 5 heteroatoms. The predicted octanol–water partition coefficient (Wildman–Crippen LogP) is 1.33. The Morgan fingerprint density at radius 2 is 2.41 bits per heavy atom. The summed E-state index contributed by atoms with van der Waals surface area (Å²) in [4.78, 5) is 12.6. The van der Waals surface area contributed by atoms with Crippen molar-refractivity contribution >= 4 is 17.3 Å². The molecule has 0 aromatic heterocycles. The van der Waals surface area contributed by atoms with Crippen LogP contribution in [0.5, 0.6) is 5.75 Å². The fourth-order valence-corrected chi connectivity index (χ4v) is 1.97. The van der Waals surface area contributed by atoms with E-state index in [1.807, 2.05) is 6.92 Å². The van der Waals surface area contributed by atoms with Crippen LogP contribution in [-0.4, -0.2) is 30.3 Å². The standard InChI is InChI=1S/C12H16N2O3/c1-2-9-6-14(7-12(15)16)10-5-8(13)3-4-11(10)17-9/h3-5,9H,2,6-7,13H2,1H3,(H,15,16). The van der Waals surface area contributed by atoms with Gasteiger partial charge in [0.1, 0.15) is 18.4 Å². The molecule has 0 aliphatic carbocycles. The normalized spacial score (nSPS) is 18.4. The molecule has 2 rings (SSSR count). The van der Waals surface area contributed by atoms with Crippen LogP contribution in [0.1, 0.15) is 13.3 Å². The van der Waals surface area contributed by atoms with Gasteiger partial charge in [0, 0.05) is 5.69 Å². The van der Waals surface area contributed by atoms with Crippen LogP contribution in [0.4, 0.5) is 11.4 Å². The van der Waals surface area contributed by atoms with Gasteiger partial charge in [-0.2, -0.15) is 0 Å². The number of carboxylic acid groups (broad SMARTS) is 1. The topological polar surface area (TPSA) is 75.8 Å². The van der Waals surface area contributed by atoms with Gasteiger partial charge >= 0.3 is 5.97 Å². The number of anilines is 2. The average molecular weight is 236 g/mol. The zero-order valence-electron chi connectivity index (χ0n) is 9.72. The molecule has 0 saturated heterocycles. The lowest BCUT2D eigenvalue weighted by Gasteiger charge is -2.35. The smallest absolute Gasteiger partial charge is 0.323 e. The number of nitrogens with zero attached hydrogens (tertiary/aromatic N) is 1. The van der Waals surface area contributed by atoms with Crippen LogP contribution in [0.15, 0.2) is 18.2 Å². The van der Waals surface area contributed by atoms with Crippen LogP contribution in [-0.2, 0) is 4.79 Å². The molecule has 92 valence electrons. The van der Waals surface area contributed by atoms with Gasteiger partial charge in [-0.15, -0.1) is 0 Å². The van der Waals surface area contributed by atoms with Crippen molar-refractivity contribution in [3.05, 3.63) is 18.2 Å². The molecule has 5 nitrogen and oxygen atoms in total. The predicted molar refractivity (Wildman–Crippen MR) is 65.4 cm³/mol. The van der Waals surface area contributed by atoms with Crippen molar-refractivity contribution in [2.45, 2.75) is 19.4 Å². The third kappa shape index (κ3) is 2.43. The summed E-state index contributed by atoms with van der Waals surface area (Å²) in [6.45, 7) is 2.57. The Labute approximate surface area is 99.8 Å². The number of hydrogen-bond donors (Lipinski definition) is 2. The molecular weight excluding hydrogens is 220 g/mol. The first-order valence-corrected chi connectivity index (χ1v) is 5.63. The minimum atomic E-state index is -0.852. The maximum absolute atomic E-state index is 10.8. The summed E-state index contributed by atoms with van der Waals surface area (Å²) in [6.07, 6.45) is 0.880. The first-order chi connectivity index (χ1) is 8.10. The number of carbonyl (C=O) groups is 1. The maximum Gasteiger partial charge on any atom is 0.323 e. The second-order valence-electron chi connectivity index (χ2n) is 4.15. The molecule has 1 aliphatic heterocycles. The Balaban J connectivity index is 2.33. The van der Waals surface area contributed by atoms with E-state index in [1.54, 1.807) is 23.1 Å². The van der Waals surface area contributed by atoms with E-state index in [1.165, 1.54) is 0 Å². The number of carboxylic acids is 1. The maximum atomic E-state index is 10.8. The highest BCUT2D eigenvalue weighted by atomic mass is 16.5. The second kappa shape index (κ2) is 4.53. The minimum Gasteiger partial charge on any atom is -0.486 e. The Bertz CT molecular complexity index is 434. The molecule has 1 aliphatic rings. The molecule has 0 radical (unpaired) electrons. The summed E-state index contributed by atoms with van der Waals surface area (Å²) >= 11 is 0. The Morgan fingerprint density at radius 3 is 3.06 bits per heavy atom. The van der Waals surface area contributed by atoms with Gasteiger partial charge in [-0.25, -0.2) is 0 Å². The Morgan fingerprint density at radius 1 is 1.65 bits per heavy atom. The number of hydrogen-bond acceptors (Lipinski definition) is 4. The molecule has 1 heterocycles. The van der Waals surface area contributed by atoms with Crippen LogP contribution < -0.4 is 15.4 Å². The van der Waals surface area contributed by atoms with E-state index in [-0.39, 0.29) is 12.6 Å². The minimum absolute atomic E-state index is 0.0314. The van der Waals surface area contributed by atoms with E-state index < -0.39 is 5.97 Å². The SMILES string of the molecule is CCC1CN(CC(=O)O)c2cc(N)ccc2O1. The van der Waals surface area contributed by atoms with E-state index in [0.717, 1.165) is 12.1 Å². The molecule has 1 atom stereocenters. The first-order valence-electron chi connectivity index (χ1n) is 5.63. The first kappa shape index (κ1) is 11.6. The van der Waals surface area contributed by atoms with Crippen LogP contribution >= 0.6 is 0 Å². The monoisotopic (exact) mass is 236 g/mol. The molecule has 1 aromatic rings. The molecule has 1 aromatic carbocycles. The summed E-state index contributed by atoms with van der Waals surface area (Å²) in [5, 5.41) is 8.91. The van der Waals surface area contributed by atoms with Crippen molar-refractivity contribution in [1.82, 2.24) is 0 Å². The highest BCUT2D eigenvalue weighted by Gasteiger charge is 2.25. The molecule has 0 fully saturated rings. The molecule has 0 saturated carbocycles. The van der Waals surface area contributed by atoms with Gasteiger partial charge in [-0.05, 0) is 24.6 Å². The molecule has 1 unspecified atom stereocenters. The van der Waals surface area contributed by atoms with E-state index in [2.05, 4.69) is 0 Å². The van der Waals surface area contributed by atoms with Gasteiger partial charge in [0.25, 0.3) is 0 Å².